The Morgan fingerprint density at radius 3 is 2.34 bits per heavy atom. The van der Waals surface area contributed by atoms with E-state index in [9.17, 15) is 9.59 Å². The summed E-state index contributed by atoms with van der Waals surface area (Å²) in [6.45, 7) is 3.94. The molecule has 5 rings (SSSR count). The molecule has 0 spiro atoms. The number of anilines is 1. The maximum atomic E-state index is 14.3. The molecule has 1 aromatic heterocycles. The van der Waals surface area contributed by atoms with Gasteiger partial charge in [0.05, 0.1) is 18.1 Å². The molecule has 1 N–H and O–H groups in total. The fourth-order valence-electron chi connectivity index (χ4n) is 5.24. The monoisotopic (exact) mass is 510 g/mol. The molecular weight excluding hydrogens is 476 g/mol. The average molecular weight is 511 g/mol. The number of carbonyl (C=O) groups is 2. The molecule has 4 aromatic rings. The number of hydrogen-bond acceptors (Lipinski definition) is 4. The molecule has 7 heteroatoms. The molecule has 1 aliphatic rings. The fourth-order valence-corrected chi connectivity index (χ4v) is 5.24. The molecule has 196 valence electrons. The Morgan fingerprint density at radius 1 is 1.00 bits per heavy atom. The molecule has 0 radical (unpaired) electrons. The van der Waals surface area contributed by atoms with Gasteiger partial charge in [-0.1, -0.05) is 42.7 Å². The Balaban J connectivity index is 1.63. The molecular formula is C31H34N4O3. The van der Waals surface area contributed by atoms with E-state index in [1.54, 1.807) is 12.0 Å². The van der Waals surface area contributed by atoms with E-state index in [1.165, 1.54) is 0 Å². The molecule has 1 saturated carbocycles. The van der Waals surface area contributed by atoms with Crippen molar-refractivity contribution in [3.8, 4) is 5.75 Å². The van der Waals surface area contributed by atoms with Crippen molar-refractivity contribution in [1.29, 1.82) is 0 Å². The number of aryl methyl sites for hydroxylation is 3. The maximum absolute atomic E-state index is 14.3. The number of imidazole rings is 1. The zero-order chi connectivity index (χ0) is 26.8. The second-order valence-corrected chi connectivity index (χ2v) is 10.1. The molecule has 0 saturated heterocycles. The summed E-state index contributed by atoms with van der Waals surface area (Å²) >= 11 is 0. The molecule has 0 aliphatic heterocycles. The van der Waals surface area contributed by atoms with E-state index in [0.717, 1.165) is 53.7 Å². The third-order valence-electron chi connectivity index (χ3n) is 7.52. The third kappa shape index (κ3) is 5.01. The lowest BCUT2D eigenvalue weighted by molar-refractivity contribution is -0.123. The van der Waals surface area contributed by atoms with Gasteiger partial charge in [0.1, 0.15) is 17.6 Å². The summed E-state index contributed by atoms with van der Waals surface area (Å²) in [6, 6.07) is 19.9. The standard InChI is InChI=1S/C31H34N4O3/c1-20-9-11-22(12-10-20)29(30(36)33-24-7-5-6-8-24)35(25-14-16-26(38-4)17-15-25)31(37)23-13-18-28-27(19-23)32-21(2)34(28)3/h9-19,24,29H,5-8H2,1-4H3,(H,33,36). The van der Waals surface area contributed by atoms with E-state index >= 15 is 0 Å². The first-order chi connectivity index (χ1) is 18.4. The topological polar surface area (TPSA) is 76.5 Å². The first-order valence-corrected chi connectivity index (χ1v) is 13.1. The van der Waals surface area contributed by atoms with E-state index in [1.807, 2.05) is 92.2 Å². The largest absolute Gasteiger partial charge is 0.497 e. The van der Waals surface area contributed by atoms with Gasteiger partial charge in [-0.3, -0.25) is 14.5 Å². The van der Waals surface area contributed by atoms with Crippen LogP contribution in [0.25, 0.3) is 11.0 Å². The first kappa shape index (κ1) is 25.5. The zero-order valence-electron chi connectivity index (χ0n) is 22.4. The van der Waals surface area contributed by atoms with Crippen LogP contribution in [0.15, 0.2) is 66.7 Å². The third-order valence-corrected chi connectivity index (χ3v) is 7.52. The number of fused-ring (bicyclic) bond motifs is 1. The highest BCUT2D eigenvalue weighted by Crippen LogP contribution is 2.32. The second-order valence-electron chi connectivity index (χ2n) is 10.1. The Bertz CT molecular complexity index is 1450. The van der Waals surface area contributed by atoms with Crippen LogP contribution in [0.1, 0.15) is 59.0 Å². The number of benzene rings is 3. The van der Waals surface area contributed by atoms with E-state index in [0.29, 0.717) is 17.0 Å². The van der Waals surface area contributed by atoms with Crippen molar-refractivity contribution in [1.82, 2.24) is 14.9 Å². The summed E-state index contributed by atoms with van der Waals surface area (Å²) in [7, 11) is 3.56. The number of nitrogens with zero attached hydrogens (tertiary/aromatic N) is 3. The van der Waals surface area contributed by atoms with Crippen LogP contribution in [0, 0.1) is 13.8 Å². The quantitative estimate of drug-likeness (QED) is 0.349. The van der Waals surface area contributed by atoms with E-state index in [2.05, 4.69) is 10.3 Å². The number of rotatable bonds is 7. The van der Waals surface area contributed by atoms with Crippen LogP contribution >= 0.6 is 0 Å². The van der Waals surface area contributed by atoms with Crippen LogP contribution in [-0.4, -0.2) is 34.5 Å². The lowest BCUT2D eigenvalue weighted by Gasteiger charge is -2.32. The van der Waals surface area contributed by atoms with Crippen molar-refractivity contribution in [2.75, 3.05) is 12.0 Å². The normalized spacial score (nSPS) is 14.4. The van der Waals surface area contributed by atoms with Crippen LogP contribution < -0.4 is 15.0 Å². The highest BCUT2D eigenvalue weighted by Gasteiger charge is 2.35. The Kier molecular flexibility index (Phi) is 7.18. The Labute approximate surface area is 223 Å². The van der Waals surface area contributed by atoms with Crippen molar-refractivity contribution in [3.63, 3.8) is 0 Å². The van der Waals surface area contributed by atoms with Crippen LogP contribution in [0.3, 0.4) is 0 Å². The predicted molar refractivity (Wildman–Crippen MR) is 150 cm³/mol. The minimum Gasteiger partial charge on any atom is -0.497 e. The second kappa shape index (κ2) is 10.7. The molecule has 1 unspecified atom stereocenters. The van der Waals surface area contributed by atoms with Crippen LogP contribution in [-0.2, 0) is 11.8 Å². The van der Waals surface area contributed by atoms with Crippen molar-refractivity contribution < 1.29 is 14.3 Å². The molecule has 3 aromatic carbocycles. The van der Waals surface area contributed by atoms with Crippen LogP contribution in [0.4, 0.5) is 5.69 Å². The summed E-state index contributed by atoms with van der Waals surface area (Å²) in [5.41, 5.74) is 4.61. The lowest BCUT2D eigenvalue weighted by atomic mass is 9.99. The number of aromatic nitrogens is 2. The minimum atomic E-state index is -0.849. The van der Waals surface area contributed by atoms with Gasteiger partial charge in [0.25, 0.3) is 5.91 Å². The van der Waals surface area contributed by atoms with Gasteiger partial charge in [-0.15, -0.1) is 0 Å². The summed E-state index contributed by atoms with van der Waals surface area (Å²) in [5.74, 6) is 1.09. The number of amides is 2. The summed E-state index contributed by atoms with van der Waals surface area (Å²) in [4.78, 5) is 34.5. The fraction of sp³-hybridized carbons (Fsp3) is 0.323. The van der Waals surface area contributed by atoms with Crippen molar-refractivity contribution in [3.05, 3.63) is 89.2 Å². The SMILES string of the molecule is COc1ccc(N(C(=O)c2ccc3c(c2)nc(C)n3C)C(C(=O)NC2CCCC2)c2ccc(C)cc2)cc1. The minimum absolute atomic E-state index is 0.121. The molecule has 1 atom stereocenters. The molecule has 2 amide bonds. The van der Waals surface area contributed by atoms with Crippen LogP contribution in [0.2, 0.25) is 0 Å². The van der Waals surface area contributed by atoms with E-state index in [4.69, 9.17) is 4.74 Å². The molecule has 1 heterocycles. The number of nitrogens with one attached hydrogen (secondary N) is 1. The zero-order valence-corrected chi connectivity index (χ0v) is 22.4. The van der Waals surface area contributed by atoms with Gasteiger partial charge in [-0.25, -0.2) is 4.98 Å². The Morgan fingerprint density at radius 2 is 1.68 bits per heavy atom. The van der Waals surface area contributed by atoms with Gasteiger partial charge in [-0.2, -0.15) is 0 Å². The first-order valence-electron chi connectivity index (χ1n) is 13.1. The summed E-state index contributed by atoms with van der Waals surface area (Å²) in [5, 5.41) is 3.24. The lowest BCUT2D eigenvalue weighted by Crippen LogP contribution is -2.46. The maximum Gasteiger partial charge on any atom is 0.259 e. The van der Waals surface area contributed by atoms with Crippen LogP contribution in [0.5, 0.6) is 5.75 Å². The van der Waals surface area contributed by atoms with E-state index in [-0.39, 0.29) is 17.9 Å². The van der Waals surface area contributed by atoms with Gasteiger partial charge >= 0.3 is 0 Å². The summed E-state index contributed by atoms with van der Waals surface area (Å²) in [6.07, 6.45) is 4.12. The molecule has 0 bridgehead atoms. The van der Waals surface area contributed by atoms with Crippen molar-refractivity contribution >= 4 is 28.5 Å². The molecule has 7 nitrogen and oxygen atoms in total. The van der Waals surface area contributed by atoms with Gasteiger partial charge in [0.15, 0.2) is 0 Å². The number of hydrogen-bond donors (Lipinski definition) is 1. The summed E-state index contributed by atoms with van der Waals surface area (Å²) < 4.78 is 7.35. The van der Waals surface area contributed by atoms with Crippen molar-refractivity contribution in [2.45, 2.75) is 51.6 Å². The molecule has 38 heavy (non-hydrogen) atoms. The predicted octanol–water partition coefficient (Wildman–Crippen LogP) is 5.65. The molecule has 1 aliphatic carbocycles. The number of methoxy groups -OCH3 is 1. The number of carbonyl (C=O) groups excluding carboxylic acids is 2. The van der Waals surface area contributed by atoms with Gasteiger partial charge < -0.3 is 14.6 Å². The van der Waals surface area contributed by atoms with Gasteiger partial charge in [0.2, 0.25) is 5.91 Å². The van der Waals surface area contributed by atoms with E-state index < -0.39 is 6.04 Å². The molecule has 1 fully saturated rings. The number of ether oxygens (including phenoxy) is 1. The highest BCUT2D eigenvalue weighted by atomic mass is 16.5. The van der Waals surface area contributed by atoms with Gasteiger partial charge in [0, 0.05) is 24.3 Å². The van der Waals surface area contributed by atoms with Crippen molar-refractivity contribution in [2.24, 2.45) is 7.05 Å². The highest BCUT2D eigenvalue weighted by molar-refractivity contribution is 6.11. The average Bonchev–Trinajstić information content (AvgIpc) is 3.54. The smallest absolute Gasteiger partial charge is 0.259 e. The Hall–Kier alpha value is -4.13. The van der Waals surface area contributed by atoms with Gasteiger partial charge in [-0.05, 0) is 74.7 Å².